The first-order chi connectivity index (χ1) is 29.0. The molecule has 0 spiro atoms. The molecule has 0 fully saturated rings. The topological polar surface area (TPSA) is 155 Å². The van der Waals surface area contributed by atoms with Gasteiger partial charge in [-0.25, -0.2) is 0 Å². The Labute approximate surface area is 338 Å². The summed E-state index contributed by atoms with van der Waals surface area (Å²) < 4.78 is 11.9. The van der Waals surface area contributed by atoms with Crippen LogP contribution in [0.5, 0.6) is 23.0 Å². The molecule has 8 aromatic carbocycles. The summed E-state index contributed by atoms with van der Waals surface area (Å²) in [5.41, 5.74) is 3.19. The zero-order valence-corrected chi connectivity index (χ0v) is 31.2. The second-order valence-corrected chi connectivity index (χ2v) is 13.1. The van der Waals surface area contributed by atoms with E-state index in [1.165, 1.54) is 0 Å². The first-order valence-electron chi connectivity index (χ1n) is 18.5. The number of amides is 2. The molecule has 0 saturated heterocycles. The Morgan fingerprint density at radius 2 is 0.966 bits per heavy atom. The lowest BCUT2D eigenvalue weighted by Crippen LogP contribution is -2.12. The molecule has 3 N–H and O–H groups in total. The fourth-order valence-corrected chi connectivity index (χ4v) is 6.22. The monoisotopic (exact) mass is 771 g/mol. The molecule has 1 heterocycles. The molecule has 11 nitrogen and oxygen atoms in total. The summed E-state index contributed by atoms with van der Waals surface area (Å²) in [4.78, 5) is 25.2. The van der Waals surface area contributed by atoms with E-state index in [-0.39, 0.29) is 11.8 Å². The lowest BCUT2D eigenvalue weighted by molar-refractivity contribution is 0.101. The van der Waals surface area contributed by atoms with Gasteiger partial charge in [0.2, 0.25) is 5.82 Å². The van der Waals surface area contributed by atoms with E-state index in [9.17, 15) is 9.59 Å². The molecular formula is C48H33N7O4. The molecular weight excluding hydrogens is 739 g/mol. The number of nitriles is 1. The van der Waals surface area contributed by atoms with Crippen LogP contribution in [0.25, 0.3) is 32.9 Å². The average Bonchev–Trinajstić information content (AvgIpc) is 3.83. The zero-order chi connectivity index (χ0) is 40.4. The summed E-state index contributed by atoms with van der Waals surface area (Å²) in [5, 5.41) is 33.3. The fraction of sp³-hybridized carbons (Fsp3) is 0. The number of tetrazole rings is 1. The van der Waals surface area contributed by atoms with Crippen LogP contribution in [0.15, 0.2) is 182 Å². The lowest BCUT2D eigenvalue weighted by atomic mass is 10.1. The van der Waals surface area contributed by atoms with Crippen molar-refractivity contribution < 1.29 is 19.1 Å². The minimum Gasteiger partial charge on any atom is -0.457 e. The van der Waals surface area contributed by atoms with Crippen molar-refractivity contribution in [3.63, 3.8) is 0 Å². The molecule has 0 saturated carbocycles. The molecule has 284 valence electrons. The number of H-pyrrole nitrogens is 1. The van der Waals surface area contributed by atoms with Crippen molar-refractivity contribution in [3.8, 4) is 40.5 Å². The van der Waals surface area contributed by atoms with Crippen LogP contribution in [0.2, 0.25) is 0 Å². The number of benzene rings is 8. The highest BCUT2D eigenvalue weighted by Crippen LogP contribution is 2.29. The maximum absolute atomic E-state index is 12.7. The molecule has 0 aliphatic heterocycles. The second kappa shape index (κ2) is 17.5. The number of nitrogens with one attached hydrogen (secondary N) is 3. The van der Waals surface area contributed by atoms with Gasteiger partial charge in [-0.15, -0.1) is 10.2 Å². The summed E-state index contributed by atoms with van der Waals surface area (Å²) in [5.74, 6) is 2.66. The van der Waals surface area contributed by atoms with E-state index in [0.29, 0.717) is 51.0 Å². The molecule has 2 amide bonds. The van der Waals surface area contributed by atoms with Gasteiger partial charge in [0, 0.05) is 16.7 Å². The number of hydrogen-bond donors (Lipinski definition) is 3. The van der Waals surface area contributed by atoms with Crippen LogP contribution in [0.1, 0.15) is 26.3 Å². The quantitative estimate of drug-likeness (QED) is 0.131. The van der Waals surface area contributed by atoms with E-state index in [4.69, 9.17) is 14.7 Å². The third-order valence-electron chi connectivity index (χ3n) is 9.20. The predicted octanol–water partition coefficient (Wildman–Crippen LogP) is 10.8. The number of carbonyl (C=O) groups excluding carboxylic acids is 2. The van der Waals surface area contributed by atoms with Crippen LogP contribution < -0.4 is 20.1 Å². The summed E-state index contributed by atoms with van der Waals surface area (Å²) in [7, 11) is 0. The van der Waals surface area contributed by atoms with Gasteiger partial charge in [0.05, 0.1) is 16.9 Å². The number of para-hydroxylation sites is 2. The van der Waals surface area contributed by atoms with E-state index < -0.39 is 0 Å². The Kier molecular flexibility index (Phi) is 11.0. The maximum Gasteiger partial charge on any atom is 0.255 e. The molecule has 9 rings (SSSR count). The summed E-state index contributed by atoms with van der Waals surface area (Å²) in [6, 6.07) is 58.2. The fourth-order valence-electron chi connectivity index (χ4n) is 6.22. The molecule has 0 radical (unpaired) electrons. The van der Waals surface area contributed by atoms with Crippen LogP contribution in [0.4, 0.5) is 11.4 Å². The standard InChI is InChI=1S/C24H17N5O2.C24H16N2O2/c30-24(25-22-8-4-3-7-21(22)23-26-28-29-27-23)17-10-12-19(13-11-17)31-20-14-9-16-5-1-2-6-18(16)15-20;25-16-20-7-3-4-8-23(20)26-24(27)18-10-12-21(13-11-18)28-22-14-9-17-5-1-2-6-19(17)15-22/h1-15H,(H,25,30)(H,26,27,28,29);1-15H,(H,26,27). The highest BCUT2D eigenvalue weighted by atomic mass is 16.5. The number of nitrogens with zero attached hydrogens (tertiary/aromatic N) is 4. The molecule has 0 unspecified atom stereocenters. The maximum atomic E-state index is 12.7. The first kappa shape index (κ1) is 37.3. The van der Waals surface area contributed by atoms with Gasteiger partial charge < -0.3 is 20.1 Å². The van der Waals surface area contributed by atoms with E-state index >= 15 is 0 Å². The zero-order valence-electron chi connectivity index (χ0n) is 31.2. The number of rotatable bonds is 9. The minimum absolute atomic E-state index is 0.242. The first-order valence-corrected chi connectivity index (χ1v) is 18.5. The summed E-state index contributed by atoms with van der Waals surface area (Å²) in [6.45, 7) is 0. The van der Waals surface area contributed by atoms with Crippen LogP contribution in [0.3, 0.4) is 0 Å². The van der Waals surface area contributed by atoms with Gasteiger partial charge in [0.1, 0.15) is 29.1 Å². The van der Waals surface area contributed by atoms with Crippen LogP contribution in [-0.2, 0) is 0 Å². The van der Waals surface area contributed by atoms with Gasteiger partial charge >= 0.3 is 0 Å². The Morgan fingerprint density at radius 3 is 1.49 bits per heavy atom. The number of anilines is 2. The number of carbonyl (C=O) groups is 2. The molecule has 59 heavy (non-hydrogen) atoms. The Hall–Kier alpha value is -8.62. The van der Waals surface area contributed by atoms with Crippen molar-refractivity contribution in [2.45, 2.75) is 0 Å². The Balaban J connectivity index is 0.000000165. The number of aromatic amines is 1. The Bertz CT molecular complexity index is 2940. The van der Waals surface area contributed by atoms with Gasteiger partial charge in [0.25, 0.3) is 11.8 Å². The second-order valence-electron chi connectivity index (χ2n) is 13.1. The summed E-state index contributed by atoms with van der Waals surface area (Å²) in [6.07, 6.45) is 0. The normalized spacial score (nSPS) is 10.5. The third-order valence-corrected chi connectivity index (χ3v) is 9.20. The SMILES string of the molecule is N#Cc1ccccc1NC(=O)c1ccc(Oc2ccc3ccccc3c2)cc1.O=C(Nc1ccccc1-c1nn[nH]n1)c1ccc(Oc2ccc3ccccc3c2)cc1. The van der Waals surface area contributed by atoms with Gasteiger partial charge in [-0.3, -0.25) is 9.59 Å². The van der Waals surface area contributed by atoms with Crippen molar-refractivity contribution in [2.75, 3.05) is 10.6 Å². The number of ether oxygens (including phenoxy) is 2. The number of fused-ring (bicyclic) bond motifs is 2. The molecule has 9 aromatic rings. The highest BCUT2D eigenvalue weighted by Gasteiger charge is 2.14. The van der Waals surface area contributed by atoms with Crippen molar-refractivity contribution in [3.05, 3.63) is 199 Å². The average molecular weight is 772 g/mol. The Morgan fingerprint density at radius 1 is 0.508 bits per heavy atom. The van der Waals surface area contributed by atoms with Crippen LogP contribution >= 0.6 is 0 Å². The molecule has 0 bridgehead atoms. The van der Waals surface area contributed by atoms with E-state index in [2.05, 4.69) is 49.5 Å². The number of hydrogen-bond acceptors (Lipinski definition) is 8. The summed E-state index contributed by atoms with van der Waals surface area (Å²) >= 11 is 0. The van der Waals surface area contributed by atoms with Crippen LogP contribution in [0, 0.1) is 11.3 Å². The van der Waals surface area contributed by atoms with Crippen molar-refractivity contribution in [1.29, 1.82) is 5.26 Å². The molecule has 0 atom stereocenters. The molecule has 11 heteroatoms. The van der Waals surface area contributed by atoms with Gasteiger partial charge in [-0.05, 0) is 124 Å². The van der Waals surface area contributed by atoms with Gasteiger partial charge in [-0.1, -0.05) is 84.9 Å². The third kappa shape index (κ3) is 9.10. The molecule has 0 aliphatic carbocycles. The molecule has 0 aliphatic rings. The van der Waals surface area contributed by atoms with E-state index in [1.807, 2.05) is 91.0 Å². The van der Waals surface area contributed by atoms with Crippen LogP contribution in [-0.4, -0.2) is 32.4 Å². The van der Waals surface area contributed by atoms with Gasteiger partial charge in [0.15, 0.2) is 0 Å². The van der Waals surface area contributed by atoms with Gasteiger partial charge in [-0.2, -0.15) is 10.5 Å². The van der Waals surface area contributed by atoms with E-state index in [1.54, 1.807) is 78.9 Å². The lowest BCUT2D eigenvalue weighted by Gasteiger charge is -2.10. The van der Waals surface area contributed by atoms with Crippen molar-refractivity contribution in [2.24, 2.45) is 0 Å². The van der Waals surface area contributed by atoms with Crippen molar-refractivity contribution in [1.82, 2.24) is 20.6 Å². The van der Waals surface area contributed by atoms with E-state index in [0.717, 1.165) is 33.0 Å². The highest BCUT2D eigenvalue weighted by molar-refractivity contribution is 6.06. The number of aromatic nitrogens is 4. The minimum atomic E-state index is -0.278. The predicted molar refractivity (Wildman–Crippen MR) is 228 cm³/mol. The molecule has 1 aromatic heterocycles. The van der Waals surface area contributed by atoms with Crippen molar-refractivity contribution >= 4 is 44.7 Å². The largest absolute Gasteiger partial charge is 0.457 e. The smallest absolute Gasteiger partial charge is 0.255 e.